The van der Waals surface area contributed by atoms with Crippen LogP contribution in [0.15, 0.2) is 54.6 Å². The van der Waals surface area contributed by atoms with Gasteiger partial charge in [0.1, 0.15) is 0 Å². The number of rotatable bonds is 8. The van der Waals surface area contributed by atoms with Gasteiger partial charge in [-0.1, -0.05) is 54.6 Å². The van der Waals surface area contributed by atoms with Crippen LogP contribution in [0.5, 0.6) is 0 Å². The van der Waals surface area contributed by atoms with E-state index < -0.39 is 10.0 Å². The van der Waals surface area contributed by atoms with Crippen LogP contribution >= 0.6 is 0 Å². The SMILES string of the molecule is Cc1ccccc1CNC(=O)CCS(=O)(=O)N(C)Cc1ccccc1. The molecule has 2 aromatic rings. The van der Waals surface area contributed by atoms with Gasteiger partial charge >= 0.3 is 0 Å². The molecule has 0 aliphatic rings. The molecule has 0 bridgehead atoms. The zero-order valence-corrected chi connectivity index (χ0v) is 15.4. The predicted molar refractivity (Wildman–Crippen MR) is 99.3 cm³/mol. The van der Waals surface area contributed by atoms with Crippen LogP contribution in [0.2, 0.25) is 0 Å². The third-order valence-electron chi connectivity index (χ3n) is 4.05. The molecule has 0 saturated heterocycles. The second-order valence-corrected chi connectivity index (χ2v) is 8.21. The van der Waals surface area contributed by atoms with Crippen LogP contribution in [0.25, 0.3) is 0 Å². The van der Waals surface area contributed by atoms with Gasteiger partial charge in [0, 0.05) is 26.6 Å². The summed E-state index contributed by atoms with van der Waals surface area (Å²) in [5.41, 5.74) is 3.04. The van der Waals surface area contributed by atoms with Crippen molar-refractivity contribution >= 4 is 15.9 Å². The molecule has 0 atom stereocenters. The smallest absolute Gasteiger partial charge is 0.221 e. The summed E-state index contributed by atoms with van der Waals surface area (Å²) < 4.78 is 25.9. The zero-order chi connectivity index (χ0) is 18.3. The van der Waals surface area contributed by atoms with Crippen molar-refractivity contribution in [1.82, 2.24) is 9.62 Å². The molecule has 1 amide bonds. The minimum absolute atomic E-state index is 0.0483. The summed E-state index contributed by atoms with van der Waals surface area (Å²) in [5.74, 6) is -0.462. The maximum Gasteiger partial charge on any atom is 0.221 e. The van der Waals surface area contributed by atoms with Gasteiger partial charge in [0.25, 0.3) is 0 Å². The first-order valence-electron chi connectivity index (χ1n) is 8.17. The molecule has 0 spiro atoms. The van der Waals surface area contributed by atoms with Crippen LogP contribution < -0.4 is 5.32 Å². The maximum absolute atomic E-state index is 12.3. The Morgan fingerprint density at radius 1 is 1.04 bits per heavy atom. The highest BCUT2D eigenvalue weighted by Gasteiger charge is 2.19. The van der Waals surface area contributed by atoms with Gasteiger partial charge in [-0.25, -0.2) is 12.7 Å². The van der Waals surface area contributed by atoms with E-state index in [0.29, 0.717) is 13.1 Å². The summed E-state index contributed by atoms with van der Waals surface area (Å²) in [6, 6.07) is 17.2. The fraction of sp³-hybridized carbons (Fsp3) is 0.316. The highest BCUT2D eigenvalue weighted by Crippen LogP contribution is 2.09. The van der Waals surface area contributed by atoms with Gasteiger partial charge in [0.2, 0.25) is 15.9 Å². The highest BCUT2D eigenvalue weighted by molar-refractivity contribution is 7.89. The van der Waals surface area contributed by atoms with Crippen molar-refractivity contribution in [2.75, 3.05) is 12.8 Å². The van der Waals surface area contributed by atoms with E-state index in [4.69, 9.17) is 0 Å². The quantitative estimate of drug-likeness (QED) is 0.786. The molecule has 1 N–H and O–H groups in total. The second-order valence-electron chi connectivity index (χ2n) is 6.01. The van der Waals surface area contributed by atoms with E-state index in [1.54, 1.807) is 0 Å². The van der Waals surface area contributed by atoms with E-state index in [-0.39, 0.29) is 18.1 Å². The van der Waals surface area contributed by atoms with Crippen molar-refractivity contribution in [3.63, 3.8) is 0 Å². The van der Waals surface area contributed by atoms with E-state index in [9.17, 15) is 13.2 Å². The summed E-state index contributed by atoms with van der Waals surface area (Å²) in [7, 11) is -1.94. The molecule has 0 fully saturated rings. The van der Waals surface area contributed by atoms with Crippen LogP contribution in [0.1, 0.15) is 23.1 Å². The highest BCUT2D eigenvalue weighted by atomic mass is 32.2. The van der Waals surface area contributed by atoms with Gasteiger partial charge < -0.3 is 5.32 Å². The standard InChI is InChI=1S/C19H24N2O3S/c1-16-8-6-7-11-18(16)14-20-19(22)12-13-25(23,24)21(2)15-17-9-4-3-5-10-17/h3-11H,12-15H2,1-2H3,(H,20,22). The summed E-state index contributed by atoms with van der Waals surface area (Å²) >= 11 is 0. The number of hydrogen-bond donors (Lipinski definition) is 1. The number of hydrogen-bond acceptors (Lipinski definition) is 3. The molecule has 0 aliphatic carbocycles. The molecule has 0 unspecified atom stereocenters. The van der Waals surface area contributed by atoms with Gasteiger partial charge in [-0.3, -0.25) is 4.79 Å². The fourth-order valence-electron chi connectivity index (χ4n) is 2.41. The number of nitrogens with zero attached hydrogens (tertiary/aromatic N) is 1. The van der Waals surface area contributed by atoms with E-state index in [0.717, 1.165) is 16.7 Å². The average molecular weight is 360 g/mol. The second kappa shape index (κ2) is 8.78. The third kappa shape index (κ3) is 5.99. The molecule has 0 heterocycles. The summed E-state index contributed by atoms with van der Waals surface area (Å²) in [6.07, 6.45) is -0.0483. The van der Waals surface area contributed by atoms with Crippen molar-refractivity contribution in [3.8, 4) is 0 Å². The largest absolute Gasteiger partial charge is 0.352 e. The Kier molecular flexibility index (Phi) is 6.73. The molecule has 2 rings (SSSR count). The van der Waals surface area contributed by atoms with Crippen LogP contribution in [0.4, 0.5) is 0 Å². The molecular weight excluding hydrogens is 336 g/mol. The Morgan fingerprint density at radius 3 is 2.36 bits per heavy atom. The third-order valence-corrected chi connectivity index (χ3v) is 5.85. The normalized spacial score (nSPS) is 11.5. The molecule has 0 aromatic heterocycles. The molecule has 2 aromatic carbocycles. The number of benzene rings is 2. The first-order chi connectivity index (χ1) is 11.9. The van der Waals surface area contributed by atoms with Crippen LogP contribution in [-0.2, 0) is 27.9 Å². The molecule has 0 saturated carbocycles. The molecule has 6 heteroatoms. The lowest BCUT2D eigenvalue weighted by molar-refractivity contribution is -0.120. The van der Waals surface area contributed by atoms with E-state index in [2.05, 4.69) is 5.32 Å². The van der Waals surface area contributed by atoms with Crippen molar-refractivity contribution < 1.29 is 13.2 Å². The van der Waals surface area contributed by atoms with E-state index in [1.165, 1.54) is 11.4 Å². The van der Waals surface area contributed by atoms with Crippen molar-refractivity contribution in [1.29, 1.82) is 0 Å². The van der Waals surface area contributed by atoms with Crippen molar-refractivity contribution in [3.05, 3.63) is 71.3 Å². The van der Waals surface area contributed by atoms with Crippen LogP contribution in [0, 0.1) is 6.92 Å². The van der Waals surface area contributed by atoms with E-state index >= 15 is 0 Å². The first-order valence-corrected chi connectivity index (χ1v) is 9.78. The average Bonchev–Trinajstić information content (AvgIpc) is 2.60. The van der Waals surface area contributed by atoms with Gasteiger partial charge in [-0.2, -0.15) is 0 Å². The number of carbonyl (C=O) groups is 1. The van der Waals surface area contributed by atoms with Gasteiger partial charge in [0.15, 0.2) is 0 Å². The number of aryl methyl sites for hydroxylation is 1. The monoisotopic (exact) mass is 360 g/mol. The Hall–Kier alpha value is -2.18. The van der Waals surface area contributed by atoms with Gasteiger partial charge in [-0.05, 0) is 23.6 Å². The number of sulfonamides is 1. The minimum atomic E-state index is -3.47. The summed E-state index contributed by atoms with van der Waals surface area (Å²) in [5, 5.41) is 2.78. The number of nitrogens with one attached hydrogen (secondary N) is 1. The first kappa shape index (κ1) is 19.1. The lowest BCUT2D eigenvalue weighted by Crippen LogP contribution is -2.32. The Labute approximate surface area is 149 Å². The van der Waals surface area contributed by atoms with Crippen molar-refractivity contribution in [2.45, 2.75) is 26.4 Å². The number of carbonyl (C=O) groups excluding carboxylic acids is 1. The Balaban J connectivity index is 1.82. The number of amides is 1. The van der Waals surface area contributed by atoms with Crippen LogP contribution in [0.3, 0.4) is 0 Å². The maximum atomic E-state index is 12.3. The zero-order valence-electron chi connectivity index (χ0n) is 14.6. The summed E-state index contributed by atoms with van der Waals surface area (Å²) in [6.45, 7) is 2.68. The predicted octanol–water partition coefficient (Wildman–Crippen LogP) is 2.46. The molecule has 5 nitrogen and oxygen atoms in total. The molecular formula is C19H24N2O3S. The Bertz CT molecular complexity index is 804. The van der Waals surface area contributed by atoms with Gasteiger partial charge in [0.05, 0.1) is 5.75 Å². The summed E-state index contributed by atoms with van der Waals surface area (Å²) in [4.78, 5) is 12.0. The van der Waals surface area contributed by atoms with Crippen LogP contribution in [-0.4, -0.2) is 31.4 Å². The van der Waals surface area contributed by atoms with Crippen molar-refractivity contribution in [2.24, 2.45) is 0 Å². The minimum Gasteiger partial charge on any atom is -0.352 e. The molecule has 0 radical (unpaired) electrons. The van der Waals surface area contributed by atoms with Gasteiger partial charge in [-0.15, -0.1) is 0 Å². The fourth-order valence-corrected chi connectivity index (χ4v) is 3.51. The lowest BCUT2D eigenvalue weighted by Gasteiger charge is -2.17. The lowest BCUT2D eigenvalue weighted by atomic mass is 10.1. The molecule has 0 aliphatic heterocycles. The topological polar surface area (TPSA) is 66.5 Å². The Morgan fingerprint density at radius 2 is 1.68 bits per heavy atom. The molecule has 134 valence electrons. The van der Waals surface area contributed by atoms with E-state index in [1.807, 2.05) is 61.5 Å². The molecule has 25 heavy (non-hydrogen) atoms.